The third-order valence-electron chi connectivity index (χ3n) is 2.64. The van der Waals surface area contributed by atoms with Gasteiger partial charge in [0.15, 0.2) is 0 Å². The molecule has 1 saturated heterocycles. The predicted octanol–water partition coefficient (Wildman–Crippen LogP) is 0.163. The maximum Gasteiger partial charge on any atom is 0.217 e. The van der Waals surface area contributed by atoms with E-state index in [1.807, 2.05) is 0 Å². The van der Waals surface area contributed by atoms with Crippen LogP contribution >= 0.6 is 0 Å². The molecule has 80 valence electrons. The van der Waals surface area contributed by atoms with Crippen molar-refractivity contribution in [3.63, 3.8) is 0 Å². The molecular weight excluding hydrogens is 180 g/mol. The largest absolute Gasteiger partial charge is 0.370 e. The van der Waals surface area contributed by atoms with Crippen molar-refractivity contribution in [1.82, 2.24) is 4.90 Å². The summed E-state index contributed by atoms with van der Waals surface area (Å²) in [4.78, 5) is 23.7. The maximum absolute atomic E-state index is 10.9. The maximum atomic E-state index is 10.9. The van der Waals surface area contributed by atoms with Crippen LogP contribution in [0.2, 0.25) is 0 Å². The third kappa shape index (κ3) is 3.87. The van der Waals surface area contributed by atoms with Crippen molar-refractivity contribution >= 4 is 11.7 Å². The van der Waals surface area contributed by atoms with Crippen molar-refractivity contribution < 1.29 is 9.59 Å². The summed E-state index contributed by atoms with van der Waals surface area (Å²) in [5.74, 6) is 0.420. The van der Waals surface area contributed by atoms with Crippen LogP contribution in [0.4, 0.5) is 0 Å². The fraction of sp³-hybridized carbons (Fsp3) is 0.800. The molecule has 0 aromatic carbocycles. The van der Waals surface area contributed by atoms with Crippen molar-refractivity contribution in [3.05, 3.63) is 0 Å². The molecular formula is C10H18N2O2. The van der Waals surface area contributed by atoms with E-state index in [0.29, 0.717) is 18.9 Å². The molecule has 0 bridgehead atoms. The van der Waals surface area contributed by atoms with Gasteiger partial charge in [0.25, 0.3) is 0 Å². The smallest absolute Gasteiger partial charge is 0.217 e. The van der Waals surface area contributed by atoms with E-state index in [-0.39, 0.29) is 11.7 Å². The topological polar surface area (TPSA) is 63.4 Å². The molecule has 0 radical (unpaired) electrons. The highest BCUT2D eigenvalue weighted by Crippen LogP contribution is 2.19. The number of amides is 1. The molecule has 1 fully saturated rings. The van der Waals surface area contributed by atoms with Gasteiger partial charge in [-0.3, -0.25) is 14.5 Å². The van der Waals surface area contributed by atoms with E-state index in [9.17, 15) is 9.59 Å². The summed E-state index contributed by atoms with van der Waals surface area (Å²) in [5, 5.41) is 0. The number of primary amides is 1. The van der Waals surface area contributed by atoms with E-state index in [0.717, 1.165) is 25.9 Å². The van der Waals surface area contributed by atoms with Gasteiger partial charge in [-0.05, 0) is 38.8 Å². The Kier molecular flexibility index (Phi) is 4.07. The molecule has 0 aromatic heterocycles. The van der Waals surface area contributed by atoms with Crippen LogP contribution in [-0.2, 0) is 9.59 Å². The number of carbonyl (C=O) groups excluding carboxylic acids is 2. The molecule has 0 aromatic rings. The average molecular weight is 198 g/mol. The monoisotopic (exact) mass is 198 g/mol. The lowest BCUT2D eigenvalue weighted by Crippen LogP contribution is -2.37. The number of nitrogens with two attached hydrogens (primary N) is 1. The molecule has 1 rings (SSSR count). The van der Waals surface area contributed by atoms with Gasteiger partial charge in [-0.15, -0.1) is 0 Å². The summed E-state index contributed by atoms with van der Waals surface area (Å²) in [6.07, 6.45) is 2.46. The Labute approximate surface area is 84.4 Å². The third-order valence-corrected chi connectivity index (χ3v) is 2.64. The first-order chi connectivity index (χ1) is 6.58. The summed E-state index contributed by atoms with van der Waals surface area (Å²) < 4.78 is 0. The summed E-state index contributed by atoms with van der Waals surface area (Å²) in [6.45, 7) is 3.98. The Morgan fingerprint density at radius 3 is 2.36 bits per heavy atom. The lowest BCUT2D eigenvalue weighted by atomic mass is 9.93. The molecule has 2 N–H and O–H groups in total. The lowest BCUT2D eigenvalue weighted by molar-refractivity contribution is -0.120. The fourth-order valence-corrected chi connectivity index (χ4v) is 1.95. The molecule has 4 nitrogen and oxygen atoms in total. The molecule has 1 aliphatic heterocycles. The van der Waals surface area contributed by atoms with Crippen LogP contribution in [0, 0.1) is 5.92 Å². The minimum atomic E-state index is -0.213. The van der Waals surface area contributed by atoms with E-state index in [2.05, 4.69) is 4.90 Å². The van der Waals surface area contributed by atoms with Crippen molar-refractivity contribution in [1.29, 1.82) is 0 Å². The first-order valence-corrected chi connectivity index (χ1v) is 5.08. The van der Waals surface area contributed by atoms with Crippen molar-refractivity contribution in [2.75, 3.05) is 19.6 Å². The normalized spacial score (nSPS) is 19.5. The second-order valence-corrected chi connectivity index (χ2v) is 4.09. The van der Waals surface area contributed by atoms with Crippen LogP contribution in [0.15, 0.2) is 0 Å². The summed E-state index contributed by atoms with van der Waals surface area (Å²) in [5.41, 5.74) is 5.13. The number of ketones is 1. The van der Waals surface area contributed by atoms with Gasteiger partial charge in [-0.1, -0.05) is 0 Å². The first kappa shape index (κ1) is 11.2. The van der Waals surface area contributed by atoms with Gasteiger partial charge in [0.2, 0.25) is 5.91 Å². The summed E-state index contributed by atoms with van der Waals surface area (Å²) in [7, 11) is 0. The molecule has 4 heteroatoms. The Balaban J connectivity index is 2.24. The molecule has 0 aliphatic carbocycles. The van der Waals surface area contributed by atoms with Crippen LogP contribution in [-0.4, -0.2) is 36.2 Å². The average Bonchev–Trinajstić information content (AvgIpc) is 2.06. The predicted molar refractivity (Wildman–Crippen MR) is 53.7 cm³/mol. The van der Waals surface area contributed by atoms with Gasteiger partial charge in [-0.2, -0.15) is 0 Å². The van der Waals surface area contributed by atoms with Crippen molar-refractivity contribution in [2.45, 2.75) is 26.2 Å². The number of likely N-dealkylation sites (tertiary alicyclic amines) is 1. The van der Waals surface area contributed by atoms with E-state index in [1.165, 1.54) is 0 Å². The van der Waals surface area contributed by atoms with Gasteiger partial charge in [0, 0.05) is 6.42 Å². The van der Waals surface area contributed by atoms with Gasteiger partial charge in [-0.25, -0.2) is 0 Å². The van der Waals surface area contributed by atoms with E-state index in [4.69, 9.17) is 5.73 Å². The van der Waals surface area contributed by atoms with E-state index < -0.39 is 0 Å². The Morgan fingerprint density at radius 1 is 1.36 bits per heavy atom. The van der Waals surface area contributed by atoms with E-state index >= 15 is 0 Å². The highest BCUT2D eigenvalue weighted by molar-refractivity contribution is 5.77. The lowest BCUT2D eigenvalue weighted by Gasteiger charge is -2.30. The standard InChI is InChI=1S/C10H18N2O2/c1-8(13)7-12-4-2-9(3-5-12)6-10(11)14/h9H,2-7H2,1H3,(H2,11,14). The molecule has 0 atom stereocenters. The van der Waals surface area contributed by atoms with Gasteiger partial charge in [0.05, 0.1) is 6.54 Å². The zero-order valence-corrected chi connectivity index (χ0v) is 8.66. The highest BCUT2D eigenvalue weighted by Gasteiger charge is 2.20. The van der Waals surface area contributed by atoms with Gasteiger partial charge in [0.1, 0.15) is 5.78 Å². The van der Waals surface area contributed by atoms with Gasteiger partial charge >= 0.3 is 0 Å². The Bertz CT molecular complexity index is 196. The van der Waals surface area contributed by atoms with Crippen LogP contribution in [0.5, 0.6) is 0 Å². The summed E-state index contributed by atoms with van der Waals surface area (Å²) >= 11 is 0. The number of Topliss-reactive ketones (excluding diaryl/α,β-unsaturated/α-hetero) is 1. The second-order valence-electron chi connectivity index (χ2n) is 4.09. The quantitative estimate of drug-likeness (QED) is 0.700. The second kappa shape index (κ2) is 5.10. The van der Waals surface area contributed by atoms with Crippen LogP contribution in [0.3, 0.4) is 0 Å². The number of piperidine rings is 1. The molecule has 0 saturated carbocycles. The Morgan fingerprint density at radius 2 is 1.93 bits per heavy atom. The number of nitrogens with zero attached hydrogens (tertiary/aromatic N) is 1. The molecule has 14 heavy (non-hydrogen) atoms. The van der Waals surface area contributed by atoms with Crippen LogP contribution in [0.1, 0.15) is 26.2 Å². The molecule has 0 unspecified atom stereocenters. The minimum absolute atomic E-state index is 0.207. The van der Waals surface area contributed by atoms with E-state index in [1.54, 1.807) is 6.92 Å². The zero-order valence-electron chi connectivity index (χ0n) is 8.66. The van der Waals surface area contributed by atoms with Gasteiger partial charge < -0.3 is 5.73 Å². The molecule has 1 aliphatic rings. The number of hydrogen-bond acceptors (Lipinski definition) is 3. The number of rotatable bonds is 4. The fourth-order valence-electron chi connectivity index (χ4n) is 1.95. The summed E-state index contributed by atoms with van der Waals surface area (Å²) in [6, 6.07) is 0. The van der Waals surface area contributed by atoms with Crippen molar-refractivity contribution in [2.24, 2.45) is 11.7 Å². The van der Waals surface area contributed by atoms with Crippen LogP contribution < -0.4 is 5.73 Å². The molecule has 1 heterocycles. The first-order valence-electron chi connectivity index (χ1n) is 5.08. The minimum Gasteiger partial charge on any atom is -0.370 e. The molecule has 1 amide bonds. The SMILES string of the molecule is CC(=O)CN1CCC(CC(N)=O)CC1. The number of carbonyl (C=O) groups is 2. The zero-order chi connectivity index (χ0) is 10.6. The van der Waals surface area contributed by atoms with Crippen LogP contribution in [0.25, 0.3) is 0 Å². The van der Waals surface area contributed by atoms with Crippen molar-refractivity contribution in [3.8, 4) is 0 Å². The highest BCUT2D eigenvalue weighted by atomic mass is 16.1. The Hall–Kier alpha value is -0.900. The number of hydrogen-bond donors (Lipinski definition) is 1. The molecule has 0 spiro atoms.